The molecule has 2 fully saturated rings. The standard InChI is InChI=1S/C30H28F6O2/c31-25-19(9-10-21(27(25)33)22-12-14-24(38)30(36)28(22)34)17-5-1-15(2-6-17)16-3-7-18(8-4-16)20-11-13-23(37)29(35)26(20)32/h9-18,37-38H,1-8H2. The zero-order chi connectivity index (χ0) is 27.1. The van der Waals surface area contributed by atoms with Gasteiger partial charge in [-0.05, 0) is 104 Å². The highest BCUT2D eigenvalue weighted by Gasteiger charge is 2.34. The smallest absolute Gasteiger partial charge is 0.200 e. The van der Waals surface area contributed by atoms with Crippen LogP contribution in [0.5, 0.6) is 11.5 Å². The molecule has 2 saturated carbocycles. The predicted octanol–water partition coefficient (Wildman–Crippen LogP) is 8.85. The van der Waals surface area contributed by atoms with Gasteiger partial charge in [0.2, 0.25) is 11.6 Å². The molecule has 0 spiro atoms. The van der Waals surface area contributed by atoms with Gasteiger partial charge in [-0.2, -0.15) is 8.78 Å². The summed E-state index contributed by atoms with van der Waals surface area (Å²) in [7, 11) is 0. The lowest BCUT2D eigenvalue weighted by molar-refractivity contribution is 0.175. The number of hydrogen-bond acceptors (Lipinski definition) is 2. The molecule has 8 heteroatoms. The maximum absolute atomic E-state index is 15.1. The van der Waals surface area contributed by atoms with Gasteiger partial charge in [-0.3, -0.25) is 0 Å². The van der Waals surface area contributed by atoms with E-state index in [9.17, 15) is 32.2 Å². The minimum absolute atomic E-state index is 0.0971. The fraction of sp³-hybridized carbons (Fsp3) is 0.400. The van der Waals surface area contributed by atoms with Crippen LogP contribution in [0.4, 0.5) is 26.3 Å². The summed E-state index contributed by atoms with van der Waals surface area (Å²) in [4.78, 5) is 0. The van der Waals surface area contributed by atoms with Crippen LogP contribution in [0, 0.1) is 46.7 Å². The summed E-state index contributed by atoms with van der Waals surface area (Å²) in [5, 5.41) is 18.7. The first-order chi connectivity index (χ1) is 18.2. The Labute approximate surface area is 216 Å². The van der Waals surface area contributed by atoms with E-state index in [4.69, 9.17) is 0 Å². The molecule has 0 radical (unpaired) electrons. The number of benzene rings is 3. The molecule has 2 aliphatic carbocycles. The van der Waals surface area contributed by atoms with Crippen molar-refractivity contribution in [1.29, 1.82) is 0 Å². The molecule has 2 aliphatic rings. The zero-order valence-corrected chi connectivity index (χ0v) is 20.6. The van der Waals surface area contributed by atoms with E-state index in [-0.39, 0.29) is 17.4 Å². The second kappa shape index (κ2) is 10.5. The van der Waals surface area contributed by atoms with Crippen molar-refractivity contribution < 1.29 is 36.6 Å². The summed E-state index contributed by atoms with van der Waals surface area (Å²) in [5.74, 6) is -8.51. The van der Waals surface area contributed by atoms with Crippen LogP contribution in [-0.4, -0.2) is 10.2 Å². The Bertz CT molecular complexity index is 1340. The van der Waals surface area contributed by atoms with Crippen LogP contribution >= 0.6 is 0 Å². The van der Waals surface area contributed by atoms with Crippen LogP contribution in [0.3, 0.4) is 0 Å². The summed E-state index contributed by atoms with van der Waals surface area (Å²) in [6.07, 6.45) is 6.19. The summed E-state index contributed by atoms with van der Waals surface area (Å²) in [6.45, 7) is 0. The molecular formula is C30H28F6O2. The average Bonchev–Trinajstić information content (AvgIpc) is 2.93. The van der Waals surface area contributed by atoms with Crippen molar-refractivity contribution in [2.45, 2.75) is 63.2 Å². The summed E-state index contributed by atoms with van der Waals surface area (Å²) < 4.78 is 86.1. The molecule has 0 aromatic heterocycles. The molecule has 0 saturated heterocycles. The minimum atomic E-state index is -1.51. The van der Waals surface area contributed by atoms with Gasteiger partial charge >= 0.3 is 0 Å². The minimum Gasteiger partial charge on any atom is -0.505 e. The lowest BCUT2D eigenvalue weighted by Crippen LogP contribution is -2.25. The molecule has 2 nitrogen and oxygen atoms in total. The summed E-state index contributed by atoms with van der Waals surface area (Å²) in [6, 6.07) is 7.23. The molecular weight excluding hydrogens is 506 g/mol. The number of rotatable bonds is 4. The number of phenols is 2. The normalized spacial score (nSPS) is 23.9. The third kappa shape index (κ3) is 4.74. The van der Waals surface area contributed by atoms with Crippen molar-refractivity contribution in [3.8, 4) is 22.6 Å². The highest BCUT2D eigenvalue weighted by atomic mass is 19.2. The van der Waals surface area contributed by atoms with Gasteiger partial charge in [0, 0.05) is 11.1 Å². The molecule has 202 valence electrons. The average molecular weight is 535 g/mol. The van der Waals surface area contributed by atoms with E-state index in [2.05, 4.69) is 0 Å². The molecule has 0 bridgehead atoms. The van der Waals surface area contributed by atoms with Crippen LogP contribution in [0.25, 0.3) is 11.1 Å². The van der Waals surface area contributed by atoms with Crippen molar-refractivity contribution in [3.05, 3.63) is 82.4 Å². The molecule has 0 atom stereocenters. The van der Waals surface area contributed by atoms with Crippen LogP contribution in [0.15, 0.2) is 36.4 Å². The van der Waals surface area contributed by atoms with Crippen LogP contribution < -0.4 is 0 Å². The lowest BCUT2D eigenvalue weighted by atomic mass is 9.67. The Morgan fingerprint density at radius 3 is 1.26 bits per heavy atom. The first kappa shape index (κ1) is 26.4. The molecule has 0 amide bonds. The van der Waals surface area contributed by atoms with Crippen molar-refractivity contribution in [3.63, 3.8) is 0 Å². The van der Waals surface area contributed by atoms with Gasteiger partial charge in [0.1, 0.15) is 0 Å². The highest BCUT2D eigenvalue weighted by Crippen LogP contribution is 2.47. The van der Waals surface area contributed by atoms with Gasteiger partial charge in [-0.25, -0.2) is 17.6 Å². The topological polar surface area (TPSA) is 40.5 Å². The van der Waals surface area contributed by atoms with Gasteiger partial charge < -0.3 is 10.2 Å². The molecule has 2 N–H and O–H groups in total. The fourth-order valence-electron chi connectivity index (χ4n) is 6.51. The molecule has 0 heterocycles. The number of aromatic hydroxyl groups is 2. The van der Waals surface area contributed by atoms with E-state index in [1.54, 1.807) is 0 Å². The molecule has 3 aromatic carbocycles. The Balaban J connectivity index is 1.22. The molecule has 38 heavy (non-hydrogen) atoms. The number of phenolic OH excluding ortho intramolecular Hbond substituents is 2. The molecule has 0 unspecified atom stereocenters. The first-order valence-electron chi connectivity index (χ1n) is 13.0. The zero-order valence-electron chi connectivity index (χ0n) is 20.6. The van der Waals surface area contributed by atoms with E-state index >= 15 is 4.39 Å². The van der Waals surface area contributed by atoms with E-state index in [1.807, 2.05) is 0 Å². The van der Waals surface area contributed by atoms with Crippen LogP contribution in [0.1, 0.15) is 74.3 Å². The van der Waals surface area contributed by atoms with Crippen LogP contribution in [0.2, 0.25) is 0 Å². The Morgan fingerprint density at radius 1 is 0.421 bits per heavy atom. The van der Waals surface area contributed by atoms with Gasteiger partial charge in [0.15, 0.2) is 34.8 Å². The number of hydrogen-bond donors (Lipinski definition) is 2. The Kier molecular flexibility index (Phi) is 7.34. The van der Waals surface area contributed by atoms with E-state index < -0.39 is 57.5 Å². The lowest BCUT2D eigenvalue weighted by Gasteiger charge is -2.38. The second-order valence-electron chi connectivity index (χ2n) is 10.6. The van der Waals surface area contributed by atoms with Crippen molar-refractivity contribution in [2.75, 3.05) is 0 Å². The fourth-order valence-corrected chi connectivity index (χ4v) is 6.51. The highest BCUT2D eigenvalue weighted by molar-refractivity contribution is 5.66. The van der Waals surface area contributed by atoms with Gasteiger partial charge in [0.25, 0.3) is 0 Å². The monoisotopic (exact) mass is 534 g/mol. The third-order valence-corrected chi connectivity index (χ3v) is 8.65. The van der Waals surface area contributed by atoms with Crippen molar-refractivity contribution in [1.82, 2.24) is 0 Å². The molecule has 0 aliphatic heterocycles. The maximum Gasteiger partial charge on any atom is 0.200 e. The molecule has 5 rings (SSSR count). The van der Waals surface area contributed by atoms with Gasteiger partial charge in [0.05, 0.1) is 0 Å². The van der Waals surface area contributed by atoms with Crippen molar-refractivity contribution in [2.24, 2.45) is 11.8 Å². The third-order valence-electron chi connectivity index (χ3n) is 8.65. The van der Waals surface area contributed by atoms with E-state index in [0.717, 1.165) is 50.7 Å². The SMILES string of the molecule is Oc1ccc(-c2ccc(C3CCC(C4CCC(c5ccc(O)c(F)c5F)CC4)CC3)c(F)c2F)c(F)c1F. The Morgan fingerprint density at radius 2 is 0.763 bits per heavy atom. The van der Waals surface area contributed by atoms with E-state index in [1.165, 1.54) is 24.3 Å². The van der Waals surface area contributed by atoms with Crippen LogP contribution in [-0.2, 0) is 0 Å². The maximum atomic E-state index is 15.1. The van der Waals surface area contributed by atoms with E-state index in [0.29, 0.717) is 30.2 Å². The largest absolute Gasteiger partial charge is 0.505 e. The summed E-state index contributed by atoms with van der Waals surface area (Å²) in [5.41, 5.74) is -0.341. The first-order valence-corrected chi connectivity index (χ1v) is 13.0. The van der Waals surface area contributed by atoms with Gasteiger partial charge in [-0.15, -0.1) is 0 Å². The van der Waals surface area contributed by atoms with Gasteiger partial charge in [-0.1, -0.05) is 18.2 Å². The van der Waals surface area contributed by atoms with Crippen molar-refractivity contribution >= 4 is 0 Å². The quantitative estimate of drug-likeness (QED) is 0.328. The predicted molar refractivity (Wildman–Crippen MR) is 131 cm³/mol. The second-order valence-corrected chi connectivity index (χ2v) is 10.6. The Hall–Kier alpha value is -3.16. The summed E-state index contributed by atoms with van der Waals surface area (Å²) >= 11 is 0. The number of halogens is 6. The molecule has 3 aromatic rings.